The number of hydrogen-bond acceptors (Lipinski definition) is 7. The number of hydrogen-bond donors (Lipinski definition) is 0. The third-order valence-electron chi connectivity index (χ3n) is 7.35. The topological polar surface area (TPSA) is 84.6 Å². The van der Waals surface area contributed by atoms with Crippen LogP contribution < -0.4 is 0 Å². The number of ether oxygens (including phenoxy) is 1. The van der Waals surface area contributed by atoms with Crippen LogP contribution in [-0.4, -0.2) is 28.9 Å². The van der Waals surface area contributed by atoms with Gasteiger partial charge in [-0.15, -0.1) is 11.3 Å². The minimum Gasteiger partial charge on any atom is -0.362 e. The van der Waals surface area contributed by atoms with E-state index in [9.17, 15) is 10.1 Å². The third kappa shape index (κ3) is 1.95. The maximum atomic E-state index is 13.0. The fourth-order valence-electron chi connectivity index (χ4n) is 5.46. The average molecular weight is 381 g/mol. The smallest absolute Gasteiger partial charge is 0.362 e. The molecule has 4 unspecified atom stereocenters. The first-order valence-electron chi connectivity index (χ1n) is 9.13. The summed E-state index contributed by atoms with van der Waals surface area (Å²) in [6.45, 7) is 4.93. The summed E-state index contributed by atoms with van der Waals surface area (Å²) in [5.41, 5.74) is -0.362. The molecule has 27 heavy (non-hydrogen) atoms. The minimum atomic E-state index is -0.942. The summed E-state index contributed by atoms with van der Waals surface area (Å²) < 4.78 is 6.98. The first-order chi connectivity index (χ1) is 12.9. The van der Waals surface area contributed by atoms with Crippen LogP contribution >= 0.6 is 11.3 Å². The van der Waals surface area contributed by atoms with Crippen molar-refractivity contribution in [2.24, 2.45) is 21.9 Å². The van der Waals surface area contributed by atoms with Crippen molar-refractivity contribution in [3.05, 3.63) is 29.3 Å². The molecule has 5 rings (SSSR count). The maximum Gasteiger partial charge on any atom is 0.367 e. The van der Waals surface area contributed by atoms with Crippen molar-refractivity contribution in [3.63, 3.8) is 0 Å². The Hall–Kier alpha value is -2.30. The van der Waals surface area contributed by atoms with Crippen LogP contribution in [-0.2, 0) is 14.4 Å². The normalized spacial score (nSPS) is 36.9. The zero-order chi connectivity index (χ0) is 18.9. The molecule has 1 aromatic carbocycles. The van der Waals surface area contributed by atoms with E-state index in [0.717, 1.165) is 23.1 Å². The molecule has 6 nitrogen and oxygen atoms in total. The van der Waals surface area contributed by atoms with Gasteiger partial charge < -0.3 is 9.57 Å². The molecule has 2 saturated carbocycles. The zero-order valence-electron chi connectivity index (χ0n) is 15.2. The van der Waals surface area contributed by atoms with Crippen LogP contribution in [0.3, 0.4) is 0 Å². The van der Waals surface area contributed by atoms with Crippen molar-refractivity contribution >= 4 is 33.2 Å². The molecule has 1 aromatic heterocycles. The van der Waals surface area contributed by atoms with E-state index in [1.807, 2.05) is 30.3 Å². The molecule has 2 aliphatic carbocycles. The van der Waals surface area contributed by atoms with Crippen LogP contribution in [0.5, 0.6) is 0 Å². The highest BCUT2D eigenvalue weighted by Crippen LogP contribution is 2.75. The Morgan fingerprint density at radius 2 is 2.26 bits per heavy atom. The molecule has 7 heteroatoms. The number of carbonyl (C=O) groups excluding carboxylic acids is 1. The Balaban J connectivity index is 1.43. The number of nitriles is 1. The highest BCUT2D eigenvalue weighted by molar-refractivity contribution is 7.20. The molecule has 0 N–H and O–H groups in total. The summed E-state index contributed by atoms with van der Waals surface area (Å²) in [6.07, 6.45) is 2.76. The Kier molecular flexibility index (Phi) is 3.35. The predicted octanol–water partition coefficient (Wildman–Crippen LogP) is 3.66. The van der Waals surface area contributed by atoms with Gasteiger partial charge in [-0.1, -0.05) is 31.1 Å². The summed E-state index contributed by atoms with van der Waals surface area (Å²) >= 11 is 1.35. The lowest BCUT2D eigenvalue weighted by molar-refractivity contribution is -0.181. The van der Waals surface area contributed by atoms with Crippen LogP contribution in [0.4, 0.5) is 0 Å². The lowest BCUT2D eigenvalue weighted by atomic mass is 9.66. The van der Waals surface area contributed by atoms with Gasteiger partial charge in [0, 0.05) is 10.8 Å². The molecule has 2 heterocycles. The molecule has 0 spiro atoms. The van der Waals surface area contributed by atoms with E-state index in [1.54, 1.807) is 0 Å². The quantitative estimate of drug-likeness (QED) is 0.460. The maximum absolute atomic E-state index is 13.0. The molecule has 0 radical (unpaired) electrons. The standard InChI is InChI=1S/C20H19N3O3S/c1-18-11-25-20(9-12(18)7-8-19(18,20)2)17(24)26-23-14(10-21)16-22-13-5-3-4-6-15(13)27-16/h3-6,12H,7-9,11H2,1-2H3. The monoisotopic (exact) mass is 381 g/mol. The Bertz CT molecular complexity index is 1010. The summed E-state index contributed by atoms with van der Waals surface area (Å²) in [4.78, 5) is 22.7. The second kappa shape index (κ2) is 5.37. The van der Waals surface area contributed by atoms with Crippen molar-refractivity contribution in [2.75, 3.05) is 6.61 Å². The fraction of sp³-hybridized carbons (Fsp3) is 0.500. The van der Waals surface area contributed by atoms with Crippen molar-refractivity contribution in [1.29, 1.82) is 5.26 Å². The second-order valence-corrected chi connectivity index (χ2v) is 9.25. The number of aromatic nitrogens is 1. The summed E-state index contributed by atoms with van der Waals surface area (Å²) in [6, 6.07) is 9.60. The Morgan fingerprint density at radius 3 is 2.96 bits per heavy atom. The van der Waals surface area contributed by atoms with Gasteiger partial charge in [0.2, 0.25) is 5.71 Å². The van der Waals surface area contributed by atoms with Gasteiger partial charge in [0.15, 0.2) is 10.6 Å². The fourth-order valence-corrected chi connectivity index (χ4v) is 6.35. The number of nitrogens with zero attached hydrogens (tertiary/aromatic N) is 3. The summed E-state index contributed by atoms with van der Waals surface area (Å²) in [5, 5.41) is 13.8. The molecule has 4 bridgehead atoms. The average Bonchev–Trinajstić information content (AvgIpc) is 3.32. The van der Waals surface area contributed by atoms with Crippen molar-refractivity contribution in [3.8, 4) is 6.07 Å². The first kappa shape index (κ1) is 16.8. The third-order valence-corrected chi connectivity index (χ3v) is 8.39. The molecule has 3 fully saturated rings. The lowest BCUT2D eigenvalue weighted by Gasteiger charge is -2.38. The largest absolute Gasteiger partial charge is 0.367 e. The van der Waals surface area contributed by atoms with E-state index in [0.29, 0.717) is 24.0 Å². The van der Waals surface area contributed by atoms with Crippen LogP contribution in [0.2, 0.25) is 0 Å². The highest BCUT2D eigenvalue weighted by Gasteiger charge is 2.79. The van der Waals surface area contributed by atoms with Crippen molar-refractivity contribution in [2.45, 2.75) is 38.7 Å². The number of oxime groups is 1. The first-order valence-corrected chi connectivity index (χ1v) is 9.95. The van der Waals surface area contributed by atoms with E-state index in [1.165, 1.54) is 11.3 Å². The molecule has 4 atom stereocenters. The molecule has 0 amide bonds. The zero-order valence-corrected chi connectivity index (χ0v) is 16.0. The number of para-hydroxylation sites is 1. The number of rotatable bonds is 3. The SMILES string of the molecule is CC12COC3(C(=O)ON=C(C#N)c4nc5ccccc5s4)CC1CCC32C. The molecule has 1 saturated heterocycles. The van der Waals surface area contributed by atoms with E-state index >= 15 is 0 Å². The van der Waals surface area contributed by atoms with Crippen LogP contribution in [0.15, 0.2) is 29.4 Å². The van der Waals surface area contributed by atoms with Gasteiger partial charge >= 0.3 is 5.97 Å². The van der Waals surface area contributed by atoms with Crippen molar-refractivity contribution < 1.29 is 14.4 Å². The molecular formula is C20H19N3O3S. The number of benzene rings is 1. The Labute approximate surface area is 160 Å². The van der Waals surface area contributed by atoms with Crippen LogP contribution in [0, 0.1) is 28.1 Å². The van der Waals surface area contributed by atoms with E-state index < -0.39 is 11.6 Å². The predicted molar refractivity (Wildman–Crippen MR) is 100 cm³/mol. The van der Waals surface area contributed by atoms with Crippen molar-refractivity contribution in [1.82, 2.24) is 4.98 Å². The lowest BCUT2D eigenvalue weighted by Crippen LogP contribution is -2.50. The van der Waals surface area contributed by atoms with Gasteiger partial charge in [-0.25, -0.2) is 9.78 Å². The van der Waals surface area contributed by atoms with Gasteiger partial charge in [0.1, 0.15) is 6.07 Å². The molecule has 138 valence electrons. The van der Waals surface area contributed by atoms with Gasteiger partial charge in [0.25, 0.3) is 0 Å². The highest BCUT2D eigenvalue weighted by atomic mass is 32.1. The van der Waals surface area contributed by atoms with E-state index in [4.69, 9.17) is 9.57 Å². The molecule has 1 aliphatic heterocycles. The van der Waals surface area contributed by atoms with E-state index in [2.05, 4.69) is 24.0 Å². The van der Waals surface area contributed by atoms with Gasteiger partial charge in [0.05, 0.1) is 16.8 Å². The number of thiazole rings is 1. The summed E-state index contributed by atoms with van der Waals surface area (Å²) in [5.74, 6) is -0.00253. The van der Waals surface area contributed by atoms with Crippen LogP contribution in [0.25, 0.3) is 10.2 Å². The number of fused-ring (bicyclic) bond motifs is 1. The van der Waals surface area contributed by atoms with Gasteiger partial charge in [-0.05, 0) is 37.3 Å². The molecule has 2 aromatic rings. The summed E-state index contributed by atoms with van der Waals surface area (Å²) in [7, 11) is 0. The minimum absolute atomic E-state index is 0.00928. The number of carbonyl (C=O) groups is 1. The second-order valence-electron chi connectivity index (χ2n) is 8.22. The molecule has 3 aliphatic rings. The van der Waals surface area contributed by atoms with E-state index in [-0.39, 0.29) is 16.5 Å². The van der Waals surface area contributed by atoms with Crippen LogP contribution in [0.1, 0.15) is 38.1 Å². The van der Waals surface area contributed by atoms with Gasteiger partial charge in [-0.3, -0.25) is 0 Å². The van der Waals surface area contributed by atoms with Gasteiger partial charge in [-0.2, -0.15) is 5.26 Å². The molecular weight excluding hydrogens is 362 g/mol. The Morgan fingerprint density at radius 1 is 1.44 bits per heavy atom.